The molecule has 0 radical (unpaired) electrons. The number of hydrogen-bond acceptors (Lipinski definition) is 14. The van der Waals surface area contributed by atoms with E-state index in [2.05, 4.69) is 9.24 Å². The predicted octanol–water partition coefficient (Wildman–Crippen LogP) is 12.8. The van der Waals surface area contributed by atoms with E-state index in [-0.39, 0.29) is 56.2 Å². The molecule has 86 heavy (non-hydrogen) atoms. The van der Waals surface area contributed by atoms with Gasteiger partial charge in [-0.15, -0.1) is 0 Å². The molecule has 6 aliphatic rings. The molecule has 23 heteroatoms. The van der Waals surface area contributed by atoms with Crippen molar-refractivity contribution in [3.05, 3.63) is 0 Å². The van der Waals surface area contributed by atoms with E-state index < -0.39 is 104 Å². The fourth-order valence-electron chi connectivity index (χ4n) is 16.5. The van der Waals surface area contributed by atoms with Crippen LogP contribution in [0.5, 0.6) is 0 Å². The summed E-state index contributed by atoms with van der Waals surface area (Å²) in [7, 11) is -2.91. The molecule has 5 N–H and O–H groups in total. The Morgan fingerprint density at radius 2 is 1.33 bits per heavy atom. The topological polar surface area (TPSA) is 197 Å². The fourth-order valence-corrected chi connectivity index (χ4v) is 17.9. The first kappa shape index (κ1) is 75.7. The molecule has 3 aliphatic carbocycles. The third kappa shape index (κ3) is 20.7. The molecule has 0 aromatic rings. The number of likely N-dealkylation sites (N-methyl/N-ethyl adjacent to an activating group) is 1. The number of aliphatic hydroxyl groups is 5. The molecule has 20 atom stereocenters. The van der Waals surface area contributed by atoms with E-state index in [9.17, 15) is 60.3 Å². The number of rotatable bonds is 17. The quantitative estimate of drug-likeness (QED) is 0.0399. The van der Waals surface area contributed by atoms with Crippen molar-refractivity contribution >= 4 is 28.9 Å². The van der Waals surface area contributed by atoms with Crippen molar-refractivity contribution in [3.8, 4) is 0 Å². The van der Waals surface area contributed by atoms with Gasteiger partial charge in [0.05, 0.1) is 52.7 Å². The number of esters is 1. The summed E-state index contributed by atoms with van der Waals surface area (Å²) in [6.07, 6.45) is 15.4. The molecule has 0 spiro atoms. The zero-order chi connectivity index (χ0) is 64.6. The Morgan fingerprint density at radius 3 is 1.84 bits per heavy atom. The van der Waals surface area contributed by atoms with Crippen molar-refractivity contribution < 1.29 is 88.7 Å². The van der Waals surface area contributed by atoms with Gasteiger partial charge in [0.15, 0.2) is 12.6 Å². The van der Waals surface area contributed by atoms with Crippen molar-refractivity contribution in [1.82, 2.24) is 9.80 Å². The van der Waals surface area contributed by atoms with Crippen molar-refractivity contribution in [2.45, 2.75) is 319 Å². The van der Waals surface area contributed by atoms with Gasteiger partial charge in [0, 0.05) is 44.4 Å². The maximum absolute atomic E-state index is 15.0. The van der Waals surface area contributed by atoms with E-state index in [0.717, 1.165) is 30.6 Å². The van der Waals surface area contributed by atoms with Crippen LogP contribution < -0.4 is 0 Å². The summed E-state index contributed by atoms with van der Waals surface area (Å²) >= 11 is 0. The van der Waals surface area contributed by atoms with Crippen LogP contribution in [0.15, 0.2) is 0 Å². The molecule has 6 fully saturated rings. The third-order valence-electron chi connectivity index (χ3n) is 21.3. The number of amides is 1. The van der Waals surface area contributed by atoms with Crippen molar-refractivity contribution in [3.63, 3.8) is 0 Å². The molecule has 3 saturated carbocycles. The molecule has 3 aliphatic heterocycles. The van der Waals surface area contributed by atoms with Gasteiger partial charge in [0.25, 0.3) is 0 Å². The van der Waals surface area contributed by atoms with Gasteiger partial charge in [-0.3, -0.25) is 9.59 Å². The SMILES string of the molecule is CC[C@H]1OC(=O)[C@H](C)[C@@H](O[C@H]2C[C@@](C)(OC)[C@@H](O)[C@H](C)O2)[C@H](C)[C@@H](O[C@@H]2O[C@H](C)C[C@H](N(C)C)[C@H]2O)[C@](C)(O)C[C@@H](C)CN(C(=O)CCCCCC(C2CCCCC2)C([PH3+])(C2CCCCC2)C2CCCCC2)[C@H](C)[C@@H](O)[C@]1(C)O.F[P-](F)(F)(F)(F)F. The van der Waals surface area contributed by atoms with Gasteiger partial charge in [-0.2, -0.15) is 0 Å². The molecule has 6 rings (SSSR count). The molecule has 3 saturated heterocycles. The molecule has 508 valence electrons. The van der Waals surface area contributed by atoms with E-state index in [4.69, 9.17) is 28.4 Å². The average molecular weight is 1290 g/mol. The first-order chi connectivity index (χ1) is 39.7. The van der Waals surface area contributed by atoms with E-state index in [1.165, 1.54) is 117 Å². The number of methoxy groups -OCH3 is 1. The third-order valence-corrected chi connectivity index (χ3v) is 23.0. The first-order valence-electron chi connectivity index (χ1n) is 32.9. The molecule has 0 aromatic heterocycles. The Bertz CT molecular complexity index is 2080. The summed E-state index contributed by atoms with van der Waals surface area (Å²) in [5.74, 6) is -0.0384. The summed E-state index contributed by atoms with van der Waals surface area (Å²) in [6, 6.07) is -1.22. The number of carbonyl (C=O) groups is 2. The van der Waals surface area contributed by atoms with Crippen LogP contribution in [0.1, 0.15) is 223 Å². The summed E-state index contributed by atoms with van der Waals surface area (Å²) in [5.41, 5.74) is -4.75. The van der Waals surface area contributed by atoms with Gasteiger partial charge >= 0.3 is 39.0 Å². The first-order valence-corrected chi connectivity index (χ1v) is 35.6. The molecule has 1 amide bonds. The van der Waals surface area contributed by atoms with Gasteiger partial charge < -0.3 is 63.8 Å². The van der Waals surface area contributed by atoms with Gasteiger partial charge in [0.2, 0.25) is 5.91 Å². The van der Waals surface area contributed by atoms with Crippen molar-refractivity contribution in [1.29, 1.82) is 0 Å². The Hall–Kier alpha value is -1.06. The van der Waals surface area contributed by atoms with Crippen LogP contribution in [0.25, 0.3) is 0 Å². The molecule has 2 unspecified atom stereocenters. The van der Waals surface area contributed by atoms with Gasteiger partial charge in [0.1, 0.15) is 30.0 Å². The second-order valence-corrected chi connectivity index (χ2v) is 31.8. The van der Waals surface area contributed by atoms with Gasteiger partial charge in [-0.25, -0.2) is 0 Å². The average Bonchev–Trinajstić information content (AvgIpc) is 1.76. The molecular weight excluding hydrogens is 1170 g/mol. The molecule has 15 nitrogen and oxygen atoms in total. The number of hydrogen-bond donors (Lipinski definition) is 5. The van der Waals surface area contributed by atoms with E-state index in [1.54, 1.807) is 46.4 Å². The Balaban J connectivity index is 0.00000181. The standard InChI is InChI=1S/C63H115N2O13P.F6P/c1-14-50-62(10,72)55(68)43(6)65(51(66)34-26-18-25-33-48(45-27-19-15-20-28-45)63(79,46-29-21-16-22-30-46)47-31-23-17-24-32-47)38-39(2)36-60(8,71)57(78-59-53(67)49(64(11)12)35-40(3)74-59)41(4)54(42(5)58(70)76-50)77-52-37-61(9,73-13)56(69)44(7)75-52;1-7(2,3,4,5)6/h39-50,52-57,59,67-69,71-72H,14-38,79H2,1-13H3;/q;-1/p+1/t39-,40-,41+,42-,43-,44+,48?,49+,50-,52+,53-,54+,55-,56+,57-,59+,60-,61-,62-;/m1./s1. The minimum absolute atomic E-state index is 0.0957. The van der Waals surface area contributed by atoms with Crippen LogP contribution in [-0.2, 0) is 38.0 Å². The zero-order valence-corrected chi connectivity index (χ0v) is 56.8. The molecular formula is C63H116F6N2O13P2. The number of cyclic esters (lactones) is 1. The number of halogens is 6. The number of carbonyl (C=O) groups excluding carboxylic acids is 2. The summed E-state index contributed by atoms with van der Waals surface area (Å²) in [5, 5.41) is 61.3. The molecule has 0 aromatic carbocycles. The summed E-state index contributed by atoms with van der Waals surface area (Å²) < 4.78 is 97.7. The van der Waals surface area contributed by atoms with Crippen LogP contribution >= 0.6 is 17.0 Å². The fraction of sp³-hybridized carbons (Fsp3) is 0.968. The number of aliphatic hydroxyl groups excluding tert-OH is 3. The minimum atomic E-state index is -10.7. The van der Waals surface area contributed by atoms with Crippen LogP contribution in [-0.4, -0.2) is 170 Å². The zero-order valence-electron chi connectivity index (χ0n) is 54.5. The number of unbranched alkanes of at least 4 members (excludes halogenated alkanes) is 2. The summed E-state index contributed by atoms with van der Waals surface area (Å²) in [6.45, 7) is 17.7. The van der Waals surface area contributed by atoms with Crippen LogP contribution in [0, 0.1) is 41.4 Å². The van der Waals surface area contributed by atoms with Gasteiger partial charge in [-0.05, 0) is 153 Å². The second-order valence-electron chi connectivity index (χ2n) is 28.6. The van der Waals surface area contributed by atoms with Crippen LogP contribution in [0.4, 0.5) is 25.2 Å². The van der Waals surface area contributed by atoms with Crippen LogP contribution in [0.2, 0.25) is 0 Å². The monoisotopic (exact) mass is 1280 g/mol. The van der Waals surface area contributed by atoms with Crippen LogP contribution in [0.3, 0.4) is 0 Å². The number of ether oxygens (including phenoxy) is 6. The Labute approximate surface area is 513 Å². The van der Waals surface area contributed by atoms with Crippen molar-refractivity contribution in [2.75, 3.05) is 27.7 Å². The second kappa shape index (κ2) is 30.3. The maximum atomic E-state index is 15.0. The van der Waals surface area contributed by atoms with Gasteiger partial charge in [-0.1, -0.05) is 104 Å². The predicted molar refractivity (Wildman–Crippen MR) is 327 cm³/mol. The Morgan fingerprint density at radius 1 is 0.791 bits per heavy atom. The number of nitrogens with zero attached hydrogens (tertiary/aromatic N) is 2. The normalized spacial score (nSPS) is 39.9. The summed E-state index contributed by atoms with van der Waals surface area (Å²) in [4.78, 5) is 33.4. The Kier molecular flexibility index (Phi) is 26.7. The van der Waals surface area contributed by atoms with Crippen molar-refractivity contribution in [2.24, 2.45) is 41.4 Å². The van der Waals surface area contributed by atoms with E-state index in [1.807, 2.05) is 39.8 Å². The van der Waals surface area contributed by atoms with E-state index >= 15 is 0 Å². The molecule has 0 bridgehead atoms. The molecule has 3 heterocycles. The van der Waals surface area contributed by atoms with E-state index in [0.29, 0.717) is 23.9 Å².